The zero-order valence-corrected chi connectivity index (χ0v) is 16.4. The van der Waals surface area contributed by atoms with Gasteiger partial charge in [-0.15, -0.1) is 0 Å². The molecule has 0 radical (unpaired) electrons. The lowest BCUT2D eigenvalue weighted by Gasteiger charge is -2.23. The Morgan fingerprint density at radius 2 is 1.59 bits per heavy atom. The molecule has 4 nitrogen and oxygen atoms in total. The Balaban J connectivity index is 1.95. The van der Waals surface area contributed by atoms with E-state index in [0.717, 1.165) is 46.7 Å². The zero-order valence-electron chi connectivity index (χ0n) is 15.6. The lowest BCUT2D eigenvalue weighted by Crippen LogP contribution is -2.35. The van der Waals surface area contributed by atoms with Crippen molar-refractivity contribution in [2.45, 2.75) is 50.5 Å². The van der Waals surface area contributed by atoms with Crippen molar-refractivity contribution in [3.63, 3.8) is 0 Å². The molecular formula is C22H25NO3S. The van der Waals surface area contributed by atoms with Crippen LogP contribution in [0.2, 0.25) is 0 Å². The van der Waals surface area contributed by atoms with Gasteiger partial charge < -0.3 is 0 Å². The Morgan fingerprint density at radius 3 is 2.22 bits per heavy atom. The first kappa shape index (κ1) is 19.4. The molecule has 2 aromatic carbocycles. The molecule has 1 amide bonds. The number of rotatable bonds is 5. The fourth-order valence-electron chi connectivity index (χ4n) is 3.26. The number of nitrogens with zero attached hydrogens (tertiary/aromatic N) is 1. The minimum atomic E-state index is -3.93. The van der Waals surface area contributed by atoms with Gasteiger partial charge in [0.1, 0.15) is 0 Å². The summed E-state index contributed by atoms with van der Waals surface area (Å²) in [5.41, 5.74) is 2.80. The van der Waals surface area contributed by atoms with E-state index in [4.69, 9.17) is 0 Å². The predicted octanol–water partition coefficient (Wildman–Crippen LogP) is 4.60. The third-order valence-electron chi connectivity index (χ3n) is 4.85. The van der Waals surface area contributed by atoms with E-state index >= 15 is 0 Å². The molecule has 3 rings (SSSR count). The lowest BCUT2D eigenvalue weighted by atomic mass is 9.94. The second-order valence-corrected chi connectivity index (χ2v) is 8.87. The van der Waals surface area contributed by atoms with Crippen molar-refractivity contribution < 1.29 is 13.2 Å². The Morgan fingerprint density at radius 1 is 0.963 bits per heavy atom. The summed E-state index contributed by atoms with van der Waals surface area (Å²) in [6.45, 7) is 1.93. The lowest BCUT2D eigenvalue weighted by molar-refractivity contribution is -0.122. The third-order valence-corrected chi connectivity index (χ3v) is 6.60. The average molecular weight is 384 g/mol. The molecule has 1 aliphatic rings. The van der Waals surface area contributed by atoms with E-state index in [1.165, 1.54) is 12.5 Å². The number of allylic oxidation sites excluding steroid dienone is 1. The summed E-state index contributed by atoms with van der Waals surface area (Å²) in [7, 11) is -3.93. The summed E-state index contributed by atoms with van der Waals surface area (Å²) in [5.74, 6) is -0.462. The van der Waals surface area contributed by atoms with E-state index in [9.17, 15) is 13.2 Å². The maximum Gasteiger partial charge on any atom is 0.267 e. The van der Waals surface area contributed by atoms with Crippen molar-refractivity contribution >= 4 is 15.9 Å². The topological polar surface area (TPSA) is 54.5 Å². The van der Waals surface area contributed by atoms with Gasteiger partial charge in [-0.05, 0) is 50.3 Å². The molecule has 0 aromatic heterocycles. The van der Waals surface area contributed by atoms with Gasteiger partial charge in [0, 0.05) is 6.08 Å². The van der Waals surface area contributed by atoms with Gasteiger partial charge >= 0.3 is 0 Å². The molecule has 0 aliphatic heterocycles. The molecule has 1 saturated carbocycles. The number of carbonyl (C=O) groups is 1. The Labute approximate surface area is 161 Å². The van der Waals surface area contributed by atoms with Gasteiger partial charge in [-0.3, -0.25) is 4.79 Å². The van der Waals surface area contributed by atoms with Crippen molar-refractivity contribution in [2.75, 3.05) is 0 Å². The molecule has 5 heteroatoms. The number of aryl methyl sites for hydroxylation is 1. The van der Waals surface area contributed by atoms with Crippen LogP contribution in [0.3, 0.4) is 0 Å². The molecule has 27 heavy (non-hydrogen) atoms. The first-order valence-electron chi connectivity index (χ1n) is 9.33. The van der Waals surface area contributed by atoms with Gasteiger partial charge in [0.2, 0.25) is 0 Å². The van der Waals surface area contributed by atoms with Crippen LogP contribution in [-0.2, 0) is 21.4 Å². The Bertz CT molecular complexity index is 908. The highest BCUT2D eigenvalue weighted by Crippen LogP contribution is 2.25. The number of sulfonamides is 1. The summed E-state index contributed by atoms with van der Waals surface area (Å²) in [6.07, 6.45) is 6.56. The molecule has 1 fully saturated rings. The maximum atomic E-state index is 13.2. The molecule has 0 saturated heterocycles. The predicted molar refractivity (Wildman–Crippen MR) is 107 cm³/mol. The molecule has 0 bridgehead atoms. The van der Waals surface area contributed by atoms with Crippen molar-refractivity contribution in [2.24, 2.45) is 0 Å². The van der Waals surface area contributed by atoms with E-state index < -0.39 is 15.9 Å². The number of carbonyl (C=O) groups excluding carboxylic acids is 1. The van der Waals surface area contributed by atoms with Crippen LogP contribution in [-0.4, -0.2) is 18.6 Å². The summed E-state index contributed by atoms with van der Waals surface area (Å²) >= 11 is 0. The second-order valence-electron chi connectivity index (χ2n) is 7.01. The van der Waals surface area contributed by atoms with Crippen LogP contribution in [0.5, 0.6) is 0 Å². The average Bonchev–Trinajstić information content (AvgIpc) is 2.68. The van der Waals surface area contributed by atoms with Gasteiger partial charge in [-0.25, -0.2) is 12.7 Å². The molecule has 0 heterocycles. The van der Waals surface area contributed by atoms with E-state index in [1.807, 2.05) is 37.3 Å². The van der Waals surface area contributed by atoms with E-state index in [0.29, 0.717) is 0 Å². The highest BCUT2D eigenvalue weighted by atomic mass is 32.2. The quantitative estimate of drug-likeness (QED) is 0.709. The zero-order chi connectivity index (χ0) is 19.3. The van der Waals surface area contributed by atoms with Crippen molar-refractivity contribution in [3.05, 3.63) is 77.4 Å². The highest BCUT2D eigenvalue weighted by molar-refractivity contribution is 7.89. The normalized spacial score (nSPS) is 14.6. The fourth-order valence-corrected chi connectivity index (χ4v) is 4.61. The van der Waals surface area contributed by atoms with Gasteiger partial charge in [0.05, 0.1) is 11.4 Å². The summed E-state index contributed by atoms with van der Waals surface area (Å²) in [6, 6.07) is 15.8. The molecule has 0 unspecified atom stereocenters. The minimum absolute atomic E-state index is 0.0274. The van der Waals surface area contributed by atoms with Gasteiger partial charge in [-0.2, -0.15) is 0 Å². The SMILES string of the molecule is Cc1ccc(S(=O)(=O)N(Cc2ccccc2)C(=O)C=C2CCCCC2)cc1. The summed E-state index contributed by atoms with van der Waals surface area (Å²) < 4.78 is 27.4. The van der Waals surface area contributed by atoms with E-state index in [2.05, 4.69) is 0 Å². The minimum Gasteiger partial charge on any atom is -0.269 e. The first-order valence-corrected chi connectivity index (χ1v) is 10.8. The van der Waals surface area contributed by atoms with Gasteiger partial charge in [0.25, 0.3) is 15.9 Å². The molecular weight excluding hydrogens is 358 g/mol. The molecule has 0 spiro atoms. The third kappa shape index (κ3) is 4.86. The van der Waals surface area contributed by atoms with Crippen LogP contribution in [0.25, 0.3) is 0 Å². The van der Waals surface area contributed by atoms with Crippen LogP contribution in [0.1, 0.15) is 43.2 Å². The largest absolute Gasteiger partial charge is 0.269 e. The number of benzene rings is 2. The molecule has 0 atom stereocenters. The standard InChI is InChI=1S/C22H25NO3S/c1-18-12-14-21(15-13-18)27(25,26)23(17-20-10-6-3-7-11-20)22(24)16-19-8-4-2-5-9-19/h3,6-7,10-16H,2,4-5,8-9,17H2,1H3. The first-order chi connectivity index (χ1) is 13.0. The van der Waals surface area contributed by atoms with Crippen molar-refractivity contribution in [1.29, 1.82) is 0 Å². The highest BCUT2D eigenvalue weighted by Gasteiger charge is 2.28. The molecule has 2 aromatic rings. The molecule has 142 valence electrons. The number of hydrogen-bond donors (Lipinski definition) is 0. The van der Waals surface area contributed by atoms with Crippen LogP contribution in [0.4, 0.5) is 0 Å². The number of hydrogen-bond acceptors (Lipinski definition) is 3. The van der Waals surface area contributed by atoms with Crippen LogP contribution < -0.4 is 0 Å². The van der Waals surface area contributed by atoms with E-state index in [1.54, 1.807) is 24.3 Å². The van der Waals surface area contributed by atoms with E-state index in [-0.39, 0.29) is 11.4 Å². The Kier molecular flexibility index (Phi) is 6.11. The molecule has 0 N–H and O–H groups in total. The van der Waals surface area contributed by atoms with Crippen LogP contribution >= 0.6 is 0 Å². The number of amides is 1. The monoisotopic (exact) mass is 383 g/mol. The summed E-state index contributed by atoms with van der Waals surface area (Å²) in [5, 5.41) is 0. The van der Waals surface area contributed by atoms with Crippen molar-refractivity contribution in [3.8, 4) is 0 Å². The van der Waals surface area contributed by atoms with Gasteiger partial charge in [-0.1, -0.05) is 60.0 Å². The molecule has 1 aliphatic carbocycles. The summed E-state index contributed by atoms with van der Waals surface area (Å²) in [4.78, 5) is 13.1. The van der Waals surface area contributed by atoms with Crippen molar-refractivity contribution in [1.82, 2.24) is 4.31 Å². The second kappa shape index (κ2) is 8.53. The maximum absolute atomic E-state index is 13.2. The Hall–Kier alpha value is -2.40. The van der Waals surface area contributed by atoms with Gasteiger partial charge in [0.15, 0.2) is 0 Å². The van der Waals surface area contributed by atoms with Crippen LogP contribution in [0, 0.1) is 6.92 Å². The van der Waals surface area contributed by atoms with Crippen LogP contribution in [0.15, 0.2) is 71.1 Å². The fraction of sp³-hybridized carbons (Fsp3) is 0.318. The smallest absolute Gasteiger partial charge is 0.267 e.